The standard InChI is InChI=1S/C24H34N2O.ClH/c1-7-26(8-2)22(19-12-14-21(15-13-19)24(4,5)6)17-25-23(27)20-11-9-10-18(3)16-20;/h9-16,22H,7-8,17H2,1-6H3,(H,25,27);1H. The van der Waals surface area contributed by atoms with E-state index in [0.29, 0.717) is 6.54 Å². The number of aryl methyl sites for hydroxylation is 1. The molecule has 4 heteroatoms. The molecule has 3 nitrogen and oxygen atoms in total. The first-order valence-electron chi connectivity index (χ1n) is 9.95. The second-order valence-electron chi connectivity index (χ2n) is 8.19. The van der Waals surface area contributed by atoms with Gasteiger partial charge in [0.15, 0.2) is 0 Å². The van der Waals surface area contributed by atoms with Crippen molar-refractivity contribution < 1.29 is 4.79 Å². The third kappa shape index (κ3) is 6.35. The van der Waals surface area contributed by atoms with Crippen LogP contribution < -0.4 is 5.32 Å². The number of nitrogens with one attached hydrogen (secondary N) is 1. The second-order valence-corrected chi connectivity index (χ2v) is 8.19. The molecular formula is C24H35ClN2O. The molecule has 2 rings (SSSR count). The highest BCUT2D eigenvalue weighted by Gasteiger charge is 2.20. The third-order valence-corrected chi connectivity index (χ3v) is 5.15. The number of hydrogen-bond acceptors (Lipinski definition) is 2. The van der Waals surface area contributed by atoms with Crippen molar-refractivity contribution in [2.75, 3.05) is 19.6 Å². The zero-order chi connectivity index (χ0) is 20.0. The molecule has 0 fully saturated rings. The van der Waals surface area contributed by atoms with Crippen molar-refractivity contribution in [2.24, 2.45) is 0 Å². The van der Waals surface area contributed by atoms with E-state index in [-0.39, 0.29) is 29.8 Å². The van der Waals surface area contributed by atoms with Crippen molar-refractivity contribution in [1.29, 1.82) is 0 Å². The molecular weight excluding hydrogens is 368 g/mol. The summed E-state index contributed by atoms with van der Waals surface area (Å²) in [4.78, 5) is 15.0. The largest absolute Gasteiger partial charge is 0.350 e. The Bertz CT molecular complexity index is 746. The third-order valence-electron chi connectivity index (χ3n) is 5.15. The van der Waals surface area contributed by atoms with Crippen LogP contribution in [0.1, 0.15) is 67.7 Å². The van der Waals surface area contributed by atoms with E-state index < -0.39 is 0 Å². The summed E-state index contributed by atoms with van der Waals surface area (Å²) in [6.45, 7) is 15.5. The summed E-state index contributed by atoms with van der Waals surface area (Å²) in [5, 5.41) is 3.14. The summed E-state index contributed by atoms with van der Waals surface area (Å²) >= 11 is 0. The number of likely N-dealkylation sites (N-methyl/N-ethyl adjacent to an activating group) is 1. The highest BCUT2D eigenvalue weighted by atomic mass is 35.5. The molecule has 0 saturated carbocycles. The molecule has 1 N–H and O–H groups in total. The number of rotatable bonds is 7. The van der Waals surface area contributed by atoms with E-state index in [2.05, 4.69) is 69.1 Å². The molecule has 0 spiro atoms. The number of carbonyl (C=O) groups excluding carboxylic acids is 1. The van der Waals surface area contributed by atoms with E-state index in [1.807, 2.05) is 31.2 Å². The van der Waals surface area contributed by atoms with E-state index in [1.54, 1.807) is 0 Å². The molecule has 0 heterocycles. The summed E-state index contributed by atoms with van der Waals surface area (Å²) in [6.07, 6.45) is 0. The van der Waals surface area contributed by atoms with Crippen LogP contribution in [-0.2, 0) is 5.41 Å². The number of benzene rings is 2. The van der Waals surface area contributed by atoms with Gasteiger partial charge in [0.25, 0.3) is 5.91 Å². The van der Waals surface area contributed by atoms with Gasteiger partial charge in [-0.2, -0.15) is 0 Å². The van der Waals surface area contributed by atoms with Gasteiger partial charge in [-0.05, 0) is 48.7 Å². The van der Waals surface area contributed by atoms with Crippen LogP contribution in [0.15, 0.2) is 48.5 Å². The molecule has 0 aromatic heterocycles. The van der Waals surface area contributed by atoms with Crippen LogP contribution in [0, 0.1) is 6.92 Å². The van der Waals surface area contributed by atoms with Gasteiger partial charge >= 0.3 is 0 Å². The topological polar surface area (TPSA) is 32.3 Å². The zero-order valence-electron chi connectivity index (χ0n) is 18.1. The molecule has 2 aromatic carbocycles. The van der Waals surface area contributed by atoms with Crippen molar-refractivity contribution in [3.8, 4) is 0 Å². The Balaban J connectivity index is 0.00000392. The fourth-order valence-electron chi connectivity index (χ4n) is 3.41. The second kappa shape index (κ2) is 10.6. The molecule has 0 radical (unpaired) electrons. The number of nitrogens with zero attached hydrogens (tertiary/aromatic N) is 1. The van der Waals surface area contributed by atoms with E-state index >= 15 is 0 Å². The minimum absolute atomic E-state index is 0. The van der Waals surface area contributed by atoms with Crippen LogP contribution in [0.4, 0.5) is 0 Å². The average Bonchev–Trinajstić information content (AvgIpc) is 2.64. The van der Waals surface area contributed by atoms with Crippen LogP contribution in [-0.4, -0.2) is 30.4 Å². The van der Waals surface area contributed by atoms with Crippen molar-refractivity contribution in [1.82, 2.24) is 10.2 Å². The van der Waals surface area contributed by atoms with Crippen LogP contribution in [0.25, 0.3) is 0 Å². The van der Waals surface area contributed by atoms with Gasteiger partial charge in [0.1, 0.15) is 0 Å². The molecule has 28 heavy (non-hydrogen) atoms. The summed E-state index contributed by atoms with van der Waals surface area (Å²) in [7, 11) is 0. The number of carbonyl (C=O) groups is 1. The summed E-state index contributed by atoms with van der Waals surface area (Å²) < 4.78 is 0. The SMILES string of the molecule is CCN(CC)C(CNC(=O)c1cccc(C)c1)c1ccc(C(C)(C)C)cc1.Cl. The molecule has 0 aliphatic carbocycles. The Morgan fingerprint density at radius 3 is 2.14 bits per heavy atom. The molecule has 0 aliphatic heterocycles. The number of halogens is 1. The van der Waals surface area contributed by atoms with Crippen molar-refractivity contribution in [3.05, 3.63) is 70.8 Å². The number of hydrogen-bond donors (Lipinski definition) is 1. The molecule has 1 amide bonds. The van der Waals surface area contributed by atoms with Gasteiger partial charge in [-0.3, -0.25) is 9.69 Å². The Kier molecular flexibility index (Phi) is 9.19. The minimum atomic E-state index is -0.0119. The fourth-order valence-corrected chi connectivity index (χ4v) is 3.41. The predicted octanol–water partition coefficient (Wildman–Crippen LogP) is 5.53. The van der Waals surface area contributed by atoms with Gasteiger partial charge < -0.3 is 5.32 Å². The molecule has 1 atom stereocenters. The van der Waals surface area contributed by atoms with Crippen LogP contribution >= 0.6 is 12.4 Å². The van der Waals surface area contributed by atoms with Gasteiger partial charge in [0, 0.05) is 12.1 Å². The Hall–Kier alpha value is -1.84. The maximum Gasteiger partial charge on any atom is 0.251 e. The van der Waals surface area contributed by atoms with Crippen molar-refractivity contribution in [3.63, 3.8) is 0 Å². The van der Waals surface area contributed by atoms with Gasteiger partial charge in [-0.1, -0.05) is 76.6 Å². The van der Waals surface area contributed by atoms with E-state index in [4.69, 9.17) is 0 Å². The lowest BCUT2D eigenvalue weighted by molar-refractivity contribution is 0.0935. The monoisotopic (exact) mass is 402 g/mol. The van der Waals surface area contributed by atoms with E-state index in [9.17, 15) is 4.79 Å². The highest BCUT2D eigenvalue weighted by Crippen LogP contribution is 2.26. The van der Waals surface area contributed by atoms with Crippen molar-refractivity contribution in [2.45, 2.75) is 53.0 Å². The summed E-state index contributed by atoms with van der Waals surface area (Å²) in [6, 6.07) is 16.8. The molecule has 2 aromatic rings. The first-order valence-corrected chi connectivity index (χ1v) is 9.95. The smallest absolute Gasteiger partial charge is 0.251 e. The van der Waals surface area contributed by atoms with Crippen LogP contribution in [0.3, 0.4) is 0 Å². The van der Waals surface area contributed by atoms with Crippen LogP contribution in [0.5, 0.6) is 0 Å². The van der Waals surface area contributed by atoms with Gasteiger partial charge in [0.2, 0.25) is 0 Å². The molecule has 0 saturated heterocycles. The van der Waals surface area contributed by atoms with E-state index in [1.165, 1.54) is 11.1 Å². The minimum Gasteiger partial charge on any atom is -0.350 e. The maximum absolute atomic E-state index is 12.6. The Morgan fingerprint density at radius 1 is 1.04 bits per heavy atom. The lowest BCUT2D eigenvalue weighted by Crippen LogP contribution is -2.38. The average molecular weight is 403 g/mol. The lowest BCUT2D eigenvalue weighted by atomic mass is 9.86. The predicted molar refractivity (Wildman–Crippen MR) is 122 cm³/mol. The first kappa shape index (κ1) is 24.2. The molecule has 1 unspecified atom stereocenters. The van der Waals surface area contributed by atoms with Crippen LogP contribution in [0.2, 0.25) is 0 Å². The molecule has 0 bridgehead atoms. The Morgan fingerprint density at radius 2 is 1.64 bits per heavy atom. The molecule has 0 aliphatic rings. The van der Waals surface area contributed by atoms with Gasteiger partial charge in [0.05, 0.1) is 6.04 Å². The fraction of sp³-hybridized carbons (Fsp3) is 0.458. The molecule has 154 valence electrons. The van der Waals surface area contributed by atoms with Gasteiger partial charge in [-0.15, -0.1) is 12.4 Å². The van der Waals surface area contributed by atoms with Gasteiger partial charge in [-0.25, -0.2) is 0 Å². The lowest BCUT2D eigenvalue weighted by Gasteiger charge is -2.31. The summed E-state index contributed by atoms with van der Waals surface area (Å²) in [5.41, 5.74) is 4.53. The quantitative estimate of drug-likeness (QED) is 0.660. The zero-order valence-corrected chi connectivity index (χ0v) is 18.9. The normalized spacial score (nSPS) is 12.4. The summed E-state index contributed by atoms with van der Waals surface area (Å²) in [5.74, 6) is -0.0119. The maximum atomic E-state index is 12.6. The highest BCUT2D eigenvalue weighted by molar-refractivity contribution is 5.94. The number of amides is 1. The Labute approximate surface area is 176 Å². The first-order chi connectivity index (χ1) is 12.8. The van der Waals surface area contributed by atoms with E-state index in [0.717, 1.165) is 24.2 Å². The van der Waals surface area contributed by atoms with Crippen molar-refractivity contribution >= 4 is 18.3 Å².